The highest BCUT2D eigenvalue weighted by Gasteiger charge is 2.08. The Bertz CT molecular complexity index is 375. The quantitative estimate of drug-likeness (QED) is 0.792. The normalized spacial score (nSPS) is 12.1. The standard InChI is InChI=1S/C9H11BrN2O2/c1-6(5-10)11-9(14)7-3-2-4-8(13)12-7/h2-4,6H,5H2,1H3,(H,11,14)(H,12,13). The van der Waals surface area contributed by atoms with Gasteiger partial charge in [-0.05, 0) is 13.0 Å². The lowest BCUT2D eigenvalue weighted by Crippen LogP contribution is -2.34. The monoisotopic (exact) mass is 258 g/mol. The first kappa shape index (κ1) is 11.0. The van der Waals surface area contributed by atoms with Crippen molar-refractivity contribution in [3.05, 3.63) is 34.2 Å². The molecule has 0 aliphatic carbocycles. The first-order valence-electron chi connectivity index (χ1n) is 4.19. The number of halogens is 1. The predicted molar refractivity (Wildman–Crippen MR) is 57.8 cm³/mol. The number of aromatic amines is 1. The third-order valence-corrected chi connectivity index (χ3v) is 2.59. The molecule has 1 amide bonds. The van der Waals surface area contributed by atoms with E-state index in [0.717, 1.165) is 0 Å². The first-order chi connectivity index (χ1) is 6.63. The van der Waals surface area contributed by atoms with E-state index in [-0.39, 0.29) is 23.2 Å². The molecule has 0 fully saturated rings. The minimum Gasteiger partial charge on any atom is -0.347 e. The van der Waals surface area contributed by atoms with Crippen molar-refractivity contribution in [3.8, 4) is 0 Å². The van der Waals surface area contributed by atoms with Crippen molar-refractivity contribution in [2.45, 2.75) is 13.0 Å². The first-order valence-corrected chi connectivity index (χ1v) is 5.32. The lowest BCUT2D eigenvalue weighted by Gasteiger charge is -2.09. The number of alkyl halides is 1. The lowest BCUT2D eigenvalue weighted by atomic mass is 10.3. The Morgan fingerprint density at radius 2 is 2.36 bits per heavy atom. The summed E-state index contributed by atoms with van der Waals surface area (Å²) in [6.07, 6.45) is 0. The zero-order valence-corrected chi connectivity index (χ0v) is 9.30. The number of nitrogens with one attached hydrogen (secondary N) is 2. The van der Waals surface area contributed by atoms with Crippen molar-refractivity contribution in [2.24, 2.45) is 0 Å². The Morgan fingerprint density at radius 3 is 2.93 bits per heavy atom. The number of carbonyl (C=O) groups is 1. The molecule has 1 rings (SSSR count). The molecule has 0 spiro atoms. The van der Waals surface area contributed by atoms with E-state index in [2.05, 4.69) is 26.2 Å². The summed E-state index contributed by atoms with van der Waals surface area (Å²) in [5, 5.41) is 3.39. The summed E-state index contributed by atoms with van der Waals surface area (Å²) in [6.45, 7) is 1.87. The molecule has 14 heavy (non-hydrogen) atoms. The maximum absolute atomic E-state index is 11.5. The van der Waals surface area contributed by atoms with Crippen molar-refractivity contribution in [3.63, 3.8) is 0 Å². The van der Waals surface area contributed by atoms with Gasteiger partial charge in [0.1, 0.15) is 5.69 Å². The van der Waals surface area contributed by atoms with E-state index in [0.29, 0.717) is 5.33 Å². The molecular weight excluding hydrogens is 248 g/mol. The molecule has 2 N–H and O–H groups in total. The molecule has 0 saturated carbocycles. The van der Waals surface area contributed by atoms with Crippen LogP contribution in [0.25, 0.3) is 0 Å². The minimum atomic E-state index is -0.274. The van der Waals surface area contributed by atoms with Crippen LogP contribution in [0.3, 0.4) is 0 Å². The summed E-state index contributed by atoms with van der Waals surface area (Å²) in [4.78, 5) is 24.8. The van der Waals surface area contributed by atoms with Gasteiger partial charge in [-0.2, -0.15) is 0 Å². The van der Waals surface area contributed by atoms with Gasteiger partial charge >= 0.3 is 0 Å². The highest BCUT2D eigenvalue weighted by molar-refractivity contribution is 9.09. The third kappa shape index (κ3) is 2.99. The Morgan fingerprint density at radius 1 is 1.64 bits per heavy atom. The molecule has 0 saturated heterocycles. The van der Waals surface area contributed by atoms with E-state index in [1.165, 1.54) is 6.07 Å². The van der Waals surface area contributed by atoms with E-state index < -0.39 is 0 Å². The van der Waals surface area contributed by atoms with Gasteiger partial charge in [-0.3, -0.25) is 9.59 Å². The molecule has 0 bridgehead atoms. The van der Waals surface area contributed by atoms with E-state index in [4.69, 9.17) is 0 Å². The molecule has 1 heterocycles. The van der Waals surface area contributed by atoms with Crippen LogP contribution in [0.4, 0.5) is 0 Å². The molecule has 5 heteroatoms. The molecule has 1 unspecified atom stereocenters. The lowest BCUT2D eigenvalue weighted by molar-refractivity contribution is 0.0938. The smallest absolute Gasteiger partial charge is 0.268 e. The highest BCUT2D eigenvalue weighted by Crippen LogP contribution is 1.94. The summed E-state index contributed by atoms with van der Waals surface area (Å²) in [5.41, 5.74) is 0.00875. The van der Waals surface area contributed by atoms with Crippen molar-refractivity contribution in [1.29, 1.82) is 0 Å². The average molecular weight is 259 g/mol. The van der Waals surface area contributed by atoms with E-state index in [9.17, 15) is 9.59 Å². The molecule has 1 aromatic rings. The summed E-state index contributed by atoms with van der Waals surface area (Å²) in [7, 11) is 0. The summed E-state index contributed by atoms with van der Waals surface area (Å²) in [5.74, 6) is -0.269. The van der Waals surface area contributed by atoms with Gasteiger partial charge in [0, 0.05) is 17.4 Å². The molecular formula is C9H11BrN2O2. The number of rotatable bonds is 3. The fourth-order valence-corrected chi connectivity index (χ4v) is 1.08. The maximum Gasteiger partial charge on any atom is 0.268 e. The van der Waals surface area contributed by atoms with Gasteiger partial charge in [0.25, 0.3) is 5.91 Å². The fraction of sp³-hybridized carbons (Fsp3) is 0.333. The molecule has 0 radical (unpaired) electrons. The Labute approximate surface area is 89.9 Å². The molecule has 76 valence electrons. The van der Waals surface area contributed by atoms with Gasteiger partial charge < -0.3 is 10.3 Å². The predicted octanol–water partition coefficient (Wildman–Crippen LogP) is 0.888. The van der Waals surface area contributed by atoms with Crippen LogP contribution in [-0.4, -0.2) is 22.3 Å². The SMILES string of the molecule is CC(CBr)NC(=O)c1cccc(=O)[nH]1. The van der Waals surface area contributed by atoms with Crippen molar-refractivity contribution in [1.82, 2.24) is 10.3 Å². The number of amides is 1. The summed E-state index contributed by atoms with van der Waals surface area (Å²) < 4.78 is 0. The number of hydrogen-bond acceptors (Lipinski definition) is 2. The maximum atomic E-state index is 11.5. The second kappa shape index (κ2) is 4.95. The average Bonchev–Trinajstić information content (AvgIpc) is 2.17. The van der Waals surface area contributed by atoms with Crippen molar-refractivity contribution in [2.75, 3.05) is 5.33 Å². The van der Waals surface area contributed by atoms with Gasteiger partial charge in [-0.25, -0.2) is 0 Å². The number of hydrogen-bond donors (Lipinski definition) is 2. The van der Waals surface area contributed by atoms with E-state index >= 15 is 0 Å². The Hall–Kier alpha value is -1.10. The number of H-pyrrole nitrogens is 1. The van der Waals surface area contributed by atoms with Gasteiger partial charge in [0.05, 0.1) is 0 Å². The fourth-order valence-electron chi connectivity index (χ4n) is 0.920. The second-order valence-corrected chi connectivity index (χ2v) is 3.61. The van der Waals surface area contributed by atoms with Crippen LogP contribution in [0.15, 0.2) is 23.0 Å². The van der Waals surface area contributed by atoms with Crippen LogP contribution in [0, 0.1) is 0 Å². The van der Waals surface area contributed by atoms with Crippen molar-refractivity contribution < 1.29 is 4.79 Å². The highest BCUT2D eigenvalue weighted by atomic mass is 79.9. The molecule has 0 aliphatic rings. The van der Waals surface area contributed by atoms with Crippen LogP contribution in [0.1, 0.15) is 17.4 Å². The van der Waals surface area contributed by atoms with Crippen LogP contribution >= 0.6 is 15.9 Å². The van der Waals surface area contributed by atoms with Crippen LogP contribution < -0.4 is 10.9 Å². The molecule has 0 aromatic carbocycles. The van der Waals surface area contributed by atoms with E-state index in [1.54, 1.807) is 12.1 Å². The molecule has 1 aromatic heterocycles. The topological polar surface area (TPSA) is 62.0 Å². The van der Waals surface area contributed by atoms with Crippen LogP contribution in [-0.2, 0) is 0 Å². The Kier molecular flexibility index (Phi) is 3.88. The summed E-state index contributed by atoms with van der Waals surface area (Å²) in [6, 6.07) is 4.51. The van der Waals surface area contributed by atoms with Gasteiger partial charge in [0.2, 0.25) is 5.56 Å². The van der Waals surface area contributed by atoms with Gasteiger partial charge in [0.15, 0.2) is 0 Å². The minimum absolute atomic E-state index is 0.0335. The zero-order valence-electron chi connectivity index (χ0n) is 7.71. The largest absolute Gasteiger partial charge is 0.347 e. The van der Waals surface area contributed by atoms with Gasteiger partial charge in [-0.15, -0.1) is 0 Å². The number of aromatic nitrogens is 1. The van der Waals surface area contributed by atoms with Crippen LogP contribution in [0.2, 0.25) is 0 Å². The zero-order chi connectivity index (χ0) is 10.6. The molecule has 4 nitrogen and oxygen atoms in total. The number of pyridine rings is 1. The van der Waals surface area contributed by atoms with E-state index in [1.807, 2.05) is 6.92 Å². The second-order valence-electron chi connectivity index (χ2n) is 2.96. The molecule has 1 atom stereocenters. The Balaban J connectivity index is 2.75. The third-order valence-electron chi connectivity index (χ3n) is 1.62. The molecule has 0 aliphatic heterocycles. The summed E-state index contributed by atoms with van der Waals surface area (Å²) >= 11 is 3.24. The number of carbonyl (C=O) groups excluding carboxylic acids is 1. The van der Waals surface area contributed by atoms with Crippen molar-refractivity contribution >= 4 is 21.8 Å². The van der Waals surface area contributed by atoms with Crippen LogP contribution in [0.5, 0.6) is 0 Å². The van der Waals surface area contributed by atoms with Gasteiger partial charge in [-0.1, -0.05) is 22.0 Å².